The van der Waals surface area contributed by atoms with E-state index in [0.717, 1.165) is 44.4 Å². The molecule has 0 spiro atoms. The van der Waals surface area contributed by atoms with E-state index in [4.69, 9.17) is 9.47 Å². The molecule has 0 unspecified atom stereocenters. The lowest BCUT2D eigenvalue weighted by Crippen LogP contribution is -2.18. The van der Waals surface area contributed by atoms with Gasteiger partial charge in [-0.2, -0.15) is 16.8 Å². The molecule has 0 aliphatic carbocycles. The van der Waals surface area contributed by atoms with E-state index in [9.17, 15) is 4.79 Å². The molecule has 0 N–H and O–H groups in total. The Hall–Kier alpha value is -2.25. The number of hydrogen-bond donors (Lipinski definition) is 0. The number of nitrogens with zero attached hydrogens (tertiary/aromatic N) is 2. The van der Waals surface area contributed by atoms with Gasteiger partial charge in [-0.25, -0.2) is 0 Å². The van der Waals surface area contributed by atoms with Crippen LogP contribution in [0.4, 0.5) is 0 Å². The fraction of sp³-hybridized carbons (Fsp3) is 0.333. The predicted octanol–water partition coefficient (Wildman–Crippen LogP) is 4.14. The lowest BCUT2D eigenvalue weighted by Gasteiger charge is -2.05. The quantitative estimate of drug-likeness (QED) is 0.554. The summed E-state index contributed by atoms with van der Waals surface area (Å²) in [5.74, 6) is 2.42. The molecule has 0 aliphatic heterocycles. The van der Waals surface area contributed by atoms with Gasteiger partial charge in [-0.05, 0) is 49.1 Å². The van der Waals surface area contributed by atoms with Crippen LogP contribution in [0.3, 0.4) is 0 Å². The summed E-state index contributed by atoms with van der Waals surface area (Å²) in [6, 6.07) is 13.5. The van der Waals surface area contributed by atoms with Gasteiger partial charge in [0.15, 0.2) is 4.80 Å². The topological polar surface area (TPSA) is 52.8 Å². The number of carbonyl (C=O) groups excluding carboxylic acids is 1. The highest BCUT2D eigenvalue weighted by molar-refractivity contribution is 7.98. The molecular formula is C21H24N2O3S2. The van der Waals surface area contributed by atoms with Crippen molar-refractivity contribution in [2.45, 2.75) is 19.9 Å². The number of thiazole rings is 1. The van der Waals surface area contributed by atoms with Crippen LogP contribution in [-0.2, 0) is 17.8 Å². The zero-order chi connectivity index (χ0) is 19.9. The van der Waals surface area contributed by atoms with Crippen LogP contribution in [0.2, 0.25) is 0 Å². The van der Waals surface area contributed by atoms with E-state index in [1.807, 2.05) is 49.4 Å². The maximum atomic E-state index is 12.6. The number of ether oxygens (including phenoxy) is 2. The maximum Gasteiger partial charge on any atom is 0.252 e. The third kappa shape index (κ3) is 4.97. The number of benzene rings is 2. The van der Waals surface area contributed by atoms with Crippen molar-refractivity contribution in [3.63, 3.8) is 0 Å². The molecule has 1 heterocycles. The highest BCUT2D eigenvalue weighted by atomic mass is 32.2. The highest BCUT2D eigenvalue weighted by Gasteiger charge is 2.10. The summed E-state index contributed by atoms with van der Waals surface area (Å²) < 4.78 is 14.0. The molecule has 7 heteroatoms. The Labute approximate surface area is 173 Å². The summed E-state index contributed by atoms with van der Waals surface area (Å²) in [4.78, 5) is 17.7. The Morgan fingerprint density at radius 1 is 1.18 bits per heavy atom. The van der Waals surface area contributed by atoms with Gasteiger partial charge in [0.1, 0.15) is 11.5 Å². The van der Waals surface area contributed by atoms with Crippen molar-refractivity contribution in [2.24, 2.45) is 4.99 Å². The van der Waals surface area contributed by atoms with Crippen LogP contribution in [0.25, 0.3) is 10.2 Å². The summed E-state index contributed by atoms with van der Waals surface area (Å²) >= 11 is 3.30. The number of amides is 1. The summed E-state index contributed by atoms with van der Waals surface area (Å²) in [5.41, 5.74) is 2.00. The first-order chi connectivity index (χ1) is 13.6. The van der Waals surface area contributed by atoms with Crippen molar-refractivity contribution in [3.05, 3.63) is 52.8 Å². The zero-order valence-corrected chi connectivity index (χ0v) is 17.9. The first-order valence-corrected chi connectivity index (χ1v) is 11.3. The van der Waals surface area contributed by atoms with E-state index in [1.165, 1.54) is 11.3 Å². The Bertz CT molecular complexity index is 1010. The van der Waals surface area contributed by atoms with E-state index < -0.39 is 0 Å². The molecule has 0 atom stereocenters. The van der Waals surface area contributed by atoms with E-state index in [2.05, 4.69) is 15.8 Å². The molecule has 0 aliphatic rings. The molecule has 28 heavy (non-hydrogen) atoms. The fourth-order valence-corrected chi connectivity index (χ4v) is 4.33. The number of aromatic nitrogens is 1. The summed E-state index contributed by atoms with van der Waals surface area (Å²) in [6.45, 7) is 3.40. The molecule has 3 aromatic rings. The maximum absolute atomic E-state index is 12.6. The minimum Gasteiger partial charge on any atom is -0.497 e. The largest absolute Gasteiger partial charge is 0.497 e. The number of rotatable bonds is 8. The molecule has 1 amide bonds. The molecule has 0 bridgehead atoms. The van der Waals surface area contributed by atoms with Gasteiger partial charge in [0, 0.05) is 12.3 Å². The molecule has 1 aromatic heterocycles. The number of fused-ring (bicyclic) bond motifs is 1. The minimum atomic E-state index is -0.153. The van der Waals surface area contributed by atoms with Crippen LogP contribution in [0, 0.1) is 0 Å². The number of methoxy groups -OCH3 is 1. The van der Waals surface area contributed by atoms with Crippen molar-refractivity contribution in [1.29, 1.82) is 0 Å². The van der Waals surface area contributed by atoms with Crippen LogP contribution in [-0.4, -0.2) is 36.2 Å². The second-order valence-electron chi connectivity index (χ2n) is 6.12. The molecule has 0 fully saturated rings. The normalized spacial score (nSPS) is 11.8. The highest BCUT2D eigenvalue weighted by Crippen LogP contribution is 2.24. The summed E-state index contributed by atoms with van der Waals surface area (Å²) in [5, 5.41) is 0. The van der Waals surface area contributed by atoms with E-state index in [0.29, 0.717) is 6.61 Å². The Morgan fingerprint density at radius 2 is 1.93 bits per heavy atom. The smallest absolute Gasteiger partial charge is 0.252 e. The number of carbonyl (C=O) groups is 1. The molecule has 148 valence electrons. The summed E-state index contributed by atoms with van der Waals surface area (Å²) in [6.07, 6.45) is 2.35. The molecule has 5 nitrogen and oxygen atoms in total. The summed E-state index contributed by atoms with van der Waals surface area (Å²) in [7, 11) is 1.63. The van der Waals surface area contributed by atoms with Crippen LogP contribution in [0.15, 0.2) is 47.5 Å². The van der Waals surface area contributed by atoms with Crippen molar-refractivity contribution in [3.8, 4) is 11.5 Å². The van der Waals surface area contributed by atoms with E-state index >= 15 is 0 Å². The lowest BCUT2D eigenvalue weighted by molar-refractivity contribution is -0.117. The number of hydrogen-bond acceptors (Lipinski definition) is 5. The monoisotopic (exact) mass is 416 g/mol. The van der Waals surface area contributed by atoms with Crippen molar-refractivity contribution in [2.75, 3.05) is 25.7 Å². The third-order valence-electron chi connectivity index (χ3n) is 4.22. The average Bonchev–Trinajstić information content (AvgIpc) is 3.03. The Morgan fingerprint density at radius 3 is 2.61 bits per heavy atom. The predicted molar refractivity (Wildman–Crippen MR) is 117 cm³/mol. The van der Waals surface area contributed by atoms with Gasteiger partial charge in [-0.3, -0.25) is 4.79 Å². The molecule has 3 rings (SSSR count). The first kappa shape index (κ1) is 20.5. The van der Waals surface area contributed by atoms with Gasteiger partial charge >= 0.3 is 0 Å². The molecular weight excluding hydrogens is 392 g/mol. The van der Waals surface area contributed by atoms with Gasteiger partial charge in [0.05, 0.1) is 30.4 Å². The van der Waals surface area contributed by atoms with Gasteiger partial charge in [-0.15, -0.1) is 0 Å². The standard InChI is InChI=1S/C21H24N2O3S2/c1-4-26-17-9-10-18-19(14-17)28-21(23(18)11-12-27-3)22-20(24)13-15-5-7-16(25-2)8-6-15/h5-10,14H,4,11-13H2,1-3H3. The average molecular weight is 417 g/mol. The molecule has 0 radical (unpaired) electrons. The van der Waals surface area contributed by atoms with Crippen molar-refractivity contribution in [1.82, 2.24) is 4.57 Å². The van der Waals surface area contributed by atoms with E-state index in [-0.39, 0.29) is 12.3 Å². The second-order valence-corrected chi connectivity index (χ2v) is 8.12. The van der Waals surface area contributed by atoms with Gasteiger partial charge in [-0.1, -0.05) is 23.5 Å². The van der Waals surface area contributed by atoms with Crippen molar-refractivity contribution < 1.29 is 14.3 Å². The van der Waals surface area contributed by atoms with Crippen LogP contribution in [0.1, 0.15) is 12.5 Å². The van der Waals surface area contributed by atoms with Gasteiger partial charge in [0.25, 0.3) is 5.91 Å². The number of thioether (sulfide) groups is 1. The van der Waals surface area contributed by atoms with Crippen LogP contribution >= 0.6 is 23.1 Å². The fourth-order valence-electron chi connectivity index (χ4n) is 2.86. The SMILES string of the molecule is CCOc1ccc2c(c1)sc(=NC(=O)Cc1ccc(OC)cc1)n2CCSC. The van der Waals surface area contributed by atoms with E-state index in [1.54, 1.807) is 18.9 Å². The lowest BCUT2D eigenvalue weighted by atomic mass is 10.1. The number of aryl methyl sites for hydroxylation is 1. The Balaban J connectivity index is 1.92. The molecule has 2 aromatic carbocycles. The third-order valence-corrected chi connectivity index (χ3v) is 5.85. The Kier molecular flexibility index (Phi) is 7.17. The first-order valence-electron chi connectivity index (χ1n) is 9.10. The van der Waals surface area contributed by atoms with Crippen LogP contribution in [0.5, 0.6) is 11.5 Å². The minimum absolute atomic E-state index is 0.153. The van der Waals surface area contributed by atoms with Gasteiger partial charge in [0.2, 0.25) is 0 Å². The molecule has 0 saturated heterocycles. The van der Waals surface area contributed by atoms with Crippen LogP contribution < -0.4 is 14.3 Å². The zero-order valence-electron chi connectivity index (χ0n) is 16.3. The van der Waals surface area contributed by atoms with Gasteiger partial charge < -0.3 is 14.0 Å². The molecule has 0 saturated carbocycles. The second kappa shape index (κ2) is 9.80. The van der Waals surface area contributed by atoms with Crippen molar-refractivity contribution >= 4 is 39.2 Å².